The Bertz CT molecular complexity index is 831. The summed E-state index contributed by atoms with van der Waals surface area (Å²) in [4.78, 5) is 4.21. The molecule has 4 nitrogen and oxygen atoms in total. The quantitative estimate of drug-likeness (QED) is 0.663. The van der Waals surface area contributed by atoms with Crippen molar-refractivity contribution in [2.24, 2.45) is 0 Å². The molecule has 0 aliphatic heterocycles. The fourth-order valence-corrected chi connectivity index (χ4v) is 2.63. The Hall–Kier alpha value is -1.53. The van der Waals surface area contributed by atoms with Crippen molar-refractivity contribution in [1.82, 2.24) is 19.6 Å². The molecule has 2 heterocycles. The highest BCUT2D eigenvalue weighted by molar-refractivity contribution is 9.10. The van der Waals surface area contributed by atoms with Gasteiger partial charge in [-0.15, -0.1) is 10.2 Å². The average molecular weight is 356 g/mol. The van der Waals surface area contributed by atoms with E-state index in [2.05, 4.69) is 31.1 Å². The summed E-state index contributed by atoms with van der Waals surface area (Å²) < 4.78 is 15.5. The highest BCUT2D eigenvalue weighted by Crippen LogP contribution is 2.27. The van der Waals surface area contributed by atoms with Gasteiger partial charge in [-0.1, -0.05) is 11.6 Å². The van der Waals surface area contributed by atoms with Crippen LogP contribution in [0.1, 0.15) is 11.4 Å². The van der Waals surface area contributed by atoms with E-state index >= 15 is 0 Å². The maximum Gasteiger partial charge on any atom is 0.199 e. The summed E-state index contributed by atoms with van der Waals surface area (Å²) >= 11 is 9.26. The number of rotatable bonds is 1. The number of halogens is 3. The van der Waals surface area contributed by atoms with E-state index in [-0.39, 0.29) is 5.82 Å². The summed E-state index contributed by atoms with van der Waals surface area (Å²) in [5.41, 5.74) is 2.93. The normalized spacial score (nSPS) is 11.2. The molecule has 0 amide bonds. The second-order valence-corrected chi connectivity index (χ2v) is 5.60. The lowest BCUT2D eigenvalue weighted by Gasteiger charge is -2.07. The lowest BCUT2D eigenvalue weighted by atomic mass is 10.2. The molecule has 0 N–H and O–H groups in total. The van der Waals surface area contributed by atoms with Crippen molar-refractivity contribution in [2.45, 2.75) is 13.8 Å². The summed E-state index contributed by atoms with van der Waals surface area (Å²) in [6, 6.07) is 4.69. The molecule has 102 valence electrons. The molecule has 2 aromatic heterocycles. The predicted octanol–water partition coefficient (Wildman–Crippen LogP) is 3.96. The fraction of sp³-hybridized carbons (Fsp3) is 0.154. The number of hydrogen-bond donors (Lipinski definition) is 0. The van der Waals surface area contributed by atoms with Crippen LogP contribution in [-0.2, 0) is 0 Å². The third-order valence-electron chi connectivity index (χ3n) is 3.15. The Morgan fingerprint density at radius 1 is 1.25 bits per heavy atom. The van der Waals surface area contributed by atoms with Crippen LogP contribution < -0.4 is 0 Å². The van der Waals surface area contributed by atoms with Crippen LogP contribution in [-0.4, -0.2) is 19.6 Å². The number of aromatic nitrogens is 4. The van der Waals surface area contributed by atoms with Gasteiger partial charge in [0.05, 0.1) is 10.2 Å². The minimum atomic E-state index is -0.324. The topological polar surface area (TPSA) is 43.1 Å². The van der Waals surface area contributed by atoms with Crippen LogP contribution in [0, 0.1) is 19.7 Å². The molecule has 0 bridgehead atoms. The van der Waals surface area contributed by atoms with E-state index in [1.807, 2.05) is 18.2 Å². The van der Waals surface area contributed by atoms with Gasteiger partial charge in [0.1, 0.15) is 5.82 Å². The van der Waals surface area contributed by atoms with Crippen molar-refractivity contribution in [1.29, 1.82) is 0 Å². The average Bonchev–Trinajstić information content (AvgIpc) is 2.85. The van der Waals surface area contributed by atoms with E-state index in [4.69, 9.17) is 11.6 Å². The standard InChI is InChI=1S/C13H9BrClFN4/c1-6-7(2)20-12(18-19-13(20)11(15)17-6)8-3-4-10(16)9(14)5-8/h3-5H,1-2H3. The lowest BCUT2D eigenvalue weighted by molar-refractivity contribution is 0.621. The van der Waals surface area contributed by atoms with Gasteiger partial charge in [0, 0.05) is 11.3 Å². The summed E-state index contributed by atoms with van der Waals surface area (Å²) in [7, 11) is 0. The third kappa shape index (κ3) is 1.99. The molecule has 0 aliphatic carbocycles. The van der Waals surface area contributed by atoms with Gasteiger partial charge in [-0.25, -0.2) is 9.37 Å². The van der Waals surface area contributed by atoms with Crippen LogP contribution in [0.5, 0.6) is 0 Å². The summed E-state index contributed by atoms with van der Waals surface area (Å²) in [6.45, 7) is 3.78. The van der Waals surface area contributed by atoms with E-state index in [0.717, 1.165) is 17.0 Å². The molecular weight excluding hydrogens is 347 g/mol. The molecule has 0 aliphatic rings. The molecule has 20 heavy (non-hydrogen) atoms. The van der Waals surface area contributed by atoms with Crippen LogP contribution in [0.2, 0.25) is 5.15 Å². The zero-order valence-electron chi connectivity index (χ0n) is 10.7. The number of nitrogens with zero attached hydrogens (tertiary/aromatic N) is 4. The first-order valence-corrected chi connectivity index (χ1v) is 6.99. The Labute approximate surface area is 127 Å². The summed E-state index contributed by atoms with van der Waals surface area (Å²) in [6.07, 6.45) is 0. The van der Waals surface area contributed by atoms with Gasteiger partial charge in [-0.2, -0.15) is 0 Å². The maximum absolute atomic E-state index is 13.3. The van der Waals surface area contributed by atoms with Gasteiger partial charge >= 0.3 is 0 Å². The second kappa shape index (κ2) is 4.79. The van der Waals surface area contributed by atoms with Crippen LogP contribution in [0.15, 0.2) is 22.7 Å². The van der Waals surface area contributed by atoms with Crippen LogP contribution in [0.4, 0.5) is 4.39 Å². The van der Waals surface area contributed by atoms with E-state index in [0.29, 0.717) is 21.1 Å². The van der Waals surface area contributed by atoms with E-state index in [1.54, 1.807) is 12.1 Å². The van der Waals surface area contributed by atoms with Gasteiger partial charge in [-0.05, 0) is 48.0 Å². The zero-order chi connectivity index (χ0) is 14.4. The smallest absolute Gasteiger partial charge is 0.199 e. The third-order valence-corrected chi connectivity index (χ3v) is 4.01. The van der Waals surface area contributed by atoms with Gasteiger partial charge in [0.15, 0.2) is 16.6 Å². The Morgan fingerprint density at radius 2 is 2.00 bits per heavy atom. The highest BCUT2D eigenvalue weighted by Gasteiger charge is 2.16. The highest BCUT2D eigenvalue weighted by atomic mass is 79.9. The largest absolute Gasteiger partial charge is 0.275 e. The zero-order valence-corrected chi connectivity index (χ0v) is 13.0. The number of benzene rings is 1. The van der Waals surface area contributed by atoms with Crippen molar-refractivity contribution >= 4 is 33.2 Å². The summed E-state index contributed by atoms with van der Waals surface area (Å²) in [5.74, 6) is 0.278. The van der Waals surface area contributed by atoms with Crippen LogP contribution in [0.3, 0.4) is 0 Å². The van der Waals surface area contributed by atoms with Crippen molar-refractivity contribution in [3.8, 4) is 11.4 Å². The molecule has 0 unspecified atom stereocenters. The maximum atomic E-state index is 13.3. The number of aryl methyl sites for hydroxylation is 2. The minimum Gasteiger partial charge on any atom is -0.275 e. The molecule has 0 saturated carbocycles. The SMILES string of the molecule is Cc1nc(Cl)c2nnc(-c3ccc(F)c(Br)c3)n2c1C. The molecule has 0 atom stereocenters. The summed E-state index contributed by atoms with van der Waals surface area (Å²) in [5, 5.41) is 8.50. The molecule has 7 heteroatoms. The lowest BCUT2D eigenvalue weighted by Crippen LogP contribution is -2.01. The molecule has 0 spiro atoms. The van der Waals surface area contributed by atoms with E-state index in [1.165, 1.54) is 6.07 Å². The number of fused-ring (bicyclic) bond motifs is 1. The Balaban J connectivity index is 2.34. The van der Waals surface area contributed by atoms with Crippen molar-refractivity contribution in [3.63, 3.8) is 0 Å². The van der Waals surface area contributed by atoms with Crippen molar-refractivity contribution in [3.05, 3.63) is 45.0 Å². The van der Waals surface area contributed by atoms with Gasteiger partial charge in [0.2, 0.25) is 0 Å². The molecular formula is C13H9BrClFN4. The van der Waals surface area contributed by atoms with Gasteiger partial charge in [0.25, 0.3) is 0 Å². The first kappa shape index (κ1) is 13.5. The molecule has 0 radical (unpaired) electrons. The van der Waals surface area contributed by atoms with Crippen LogP contribution in [0.25, 0.3) is 17.0 Å². The van der Waals surface area contributed by atoms with Crippen LogP contribution >= 0.6 is 27.5 Å². The molecule has 3 aromatic rings. The number of hydrogen-bond acceptors (Lipinski definition) is 3. The molecule has 0 fully saturated rings. The van der Waals surface area contributed by atoms with E-state index in [9.17, 15) is 4.39 Å². The fourth-order valence-electron chi connectivity index (χ4n) is 2.00. The molecule has 1 aromatic carbocycles. The van der Waals surface area contributed by atoms with Crippen molar-refractivity contribution < 1.29 is 4.39 Å². The first-order valence-electron chi connectivity index (χ1n) is 5.82. The monoisotopic (exact) mass is 354 g/mol. The first-order chi connectivity index (χ1) is 9.49. The van der Waals surface area contributed by atoms with Gasteiger partial charge in [-0.3, -0.25) is 4.40 Å². The van der Waals surface area contributed by atoms with Gasteiger partial charge < -0.3 is 0 Å². The Morgan fingerprint density at radius 3 is 2.70 bits per heavy atom. The molecule has 0 saturated heterocycles. The second-order valence-electron chi connectivity index (χ2n) is 4.38. The Kier molecular flexibility index (Phi) is 3.22. The predicted molar refractivity (Wildman–Crippen MR) is 78.4 cm³/mol. The van der Waals surface area contributed by atoms with E-state index < -0.39 is 0 Å². The molecule has 3 rings (SSSR count). The minimum absolute atomic E-state index is 0.299. The van der Waals surface area contributed by atoms with Crippen molar-refractivity contribution in [2.75, 3.05) is 0 Å².